The minimum atomic E-state index is -0.823. The van der Waals surface area contributed by atoms with Crippen LogP contribution in [-0.2, 0) is 28.5 Å². The largest absolute Gasteiger partial charge is 0.507 e. The number of quaternary nitrogens is 5. The molecule has 0 aromatic rings. The molecule has 10 N–H and O–H groups in total. The van der Waals surface area contributed by atoms with Crippen LogP contribution in [0.25, 0.3) is 0 Å². The summed E-state index contributed by atoms with van der Waals surface area (Å²) in [6.07, 6.45) is 2.05. The second-order valence-corrected chi connectivity index (χ2v) is 20.5. The Labute approximate surface area is 432 Å². The van der Waals surface area contributed by atoms with E-state index in [-0.39, 0.29) is 79.9 Å². The molecular weight excluding hydrogens is 919 g/mol. The highest BCUT2D eigenvalue weighted by atomic mass is 16.5. The maximum absolute atomic E-state index is 10.9. The van der Waals surface area contributed by atoms with E-state index < -0.39 is 5.97 Å². The van der Waals surface area contributed by atoms with Crippen LogP contribution in [0, 0.1) is 0 Å². The molecule has 19 nitrogen and oxygen atoms in total. The Kier molecular flexibility index (Phi) is 50.8. The third kappa shape index (κ3) is 61.3. The molecule has 0 aromatic carbocycles. The van der Waals surface area contributed by atoms with Crippen LogP contribution in [0.2, 0.25) is 0 Å². The van der Waals surface area contributed by atoms with Crippen LogP contribution in [0.15, 0.2) is 49.4 Å². The molecule has 4 unspecified atom stereocenters. The zero-order valence-corrected chi connectivity index (χ0v) is 47.8. The lowest BCUT2D eigenvalue weighted by molar-refractivity contribution is -0.922. The van der Waals surface area contributed by atoms with Crippen LogP contribution >= 0.6 is 0 Å². The molecule has 19 heteroatoms. The third-order valence-corrected chi connectivity index (χ3v) is 10.1. The zero-order valence-electron chi connectivity index (χ0n) is 47.8. The second kappa shape index (κ2) is 46.9. The van der Waals surface area contributed by atoms with Gasteiger partial charge in [-0.15, -0.1) is 0 Å². The lowest BCUT2D eigenvalue weighted by atomic mass is 10.2. The van der Waals surface area contributed by atoms with E-state index in [9.17, 15) is 9.90 Å². The van der Waals surface area contributed by atoms with Crippen molar-refractivity contribution in [2.24, 2.45) is 0 Å². The Hall–Kier alpha value is -2.89. The van der Waals surface area contributed by atoms with Crippen molar-refractivity contribution in [3.8, 4) is 0 Å². The van der Waals surface area contributed by atoms with E-state index in [4.69, 9.17) is 59.4 Å². The van der Waals surface area contributed by atoms with E-state index in [2.05, 4.69) is 26.3 Å². The minimum absolute atomic E-state index is 0.00889. The number of nitrogens with zero attached hydrogens (tertiary/aromatic N) is 3. The number of rotatable bonds is 38. The Morgan fingerprint density at radius 1 is 0.479 bits per heavy atom. The molecule has 0 amide bonds. The molecule has 0 aliphatic rings. The minimum Gasteiger partial charge on any atom is -0.507 e. The first-order chi connectivity index (χ1) is 32.8. The molecular formula is C52H114N5O14+5. The van der Waals surface area contributed by atoms with Gasteiger partial charge in [0.1, 0.15) is 102 Å². The molecule has 0 fully saturated rings. The molecule has 4 atom stereocenters. The van der Waals surface area contributed by atoms with Crippen molar-refractivity contribution < 1.29 is 92.6 Å². The molecule has 0 saturated heterocycles. The number of carboxylic acids is 1. The van der Waals surface area contributed by atoms with Crippen molar-refractivity contribution >= 4 is 5.97 Å². The first kappa shape index (κ1) is 77.0. The predicted molar refractivity (Wildman–Crippen MR) is 286 cm³/mol. The van der Waals surface area contributed by atoms with Gasteiger partial charge in [0.05, 0.1) is 118 Å². The molecule has 0 spiro atoms. The first-order valence-electron chi connectivity index (χ1n) is 25.5. The van der Waals surface area contributed by atoms with E-state index >= 15 is 0 Å². The van der Waals surface area contributed by atoms with Gasteiger partial charge < -0.3 is 87.8 Å². The Bertz CT molecular complexity index is 1310. The van der Waals surface area contributed by atoms with Gasteiger partial charge in [-0.25, -0.2) is 4.79 Å². The van der Waals surface area contributed by atoms with Gasteiger partial charge in [0, 0.05) is 0 Å². The van der Waals surface area contributed by atoms with Crippen LogP contribution in [0.5, 0.6) is 0 Å². The van der Waals surface area contributed by atoms with E-state index in [0.29, 0.717) is 85.6 Å². The zero-order chi connectivity index (χ0) is 56.2. The van der Waals surface area contributed by atoms with Crippen molar-refractivity contribution in [2.75, 3.05) is 173 Å². The Morgan fingerprint density at radius 2 is 0.887 bits per heavy atom. The van der Waals surface area contributed by atoms with Gasteiger partial charge in [0.25, 0.3) is 0 Å². The molecule has 426 valence electrons. The topological polar surface area (TPSA) is 234 Å². The number of ether oxygens (including phenoxy) is 5. The molecule has 0 saturated carbocycles. The van der Waals surface area contributed by atoms with Gasteiger partial charge >= 0.3 is 5.97 Å². The molecule has 0 rings (SSSR count). The molecule has 0 aliphatic heterocycles. The summed E-state index contributed by atoms with van der Waals surface area (Å²) in [5.74, 6) is -0.0588. The van der Waals surface area contributed by atoms with Crippen LogP contribution in [-0.4, -0.2) is 263 Å². The average Bonchev–Trinajstić information content (AvgIpc) is 3.17. The fraction of sp³-hybridized carbons (Fsp3) is 0.827. The number of hydrogen-bond donors (Lipinski definition) is 10. The number of carbonyl (C=O) groups is 1. The SMILES string of the molecule is C=C(O)C[N+](C)(C)CCOC(C)C.C=C(O)C[N+](C)(CCO)CCOC(C)C.C=C(O)C[NH+](C)CCOC(C)C.C=C(O)C[NH+](CCO)CCOC(C)C.CCC[N+](CCO)(CCOC(C)C)CC(=O)O. The van der Waals surface area contributed by atoms with Crippen molar-refractivity contribution in [1.82, 2.24) is 0 Å². The summed E-state index contributed by atoms with van der Waals surface area (Å²) < 4.78 is 28.8. The third-order valence-electron chi connectivity index (χ3n) is 10.1. The summed E-state index contributed by atoms with van der Waals surface area (Å²) in [6.45, 7) is 47.8. The quantitative estimate of drug-likeness (QED) is 0.0317. The number of likely N-dealkylation sites (N-methyl/N-ethyl adjacent to an activating group) is 3. The average molecular weight is 1030 g/mol. The molecule has 71 heavy (non-hydrogen) atoms. The highest BCUT2D eigenvalue weighted by Gasteiger charge is 2.29. The van der Waals surface area contributed by atoms with Gasteiger partial charge in [-0.3, -0.25) is 0 Å². The number of aliphatic hydroxyl groups excluding tert-OH is 7. The lowest BCUT2D eigenvalue weighted by Gasteiger charge is -2.36. The number of aliphatic hydroxyl groups is 7. The molecule has 0 bridgehead atoms. The molecule has 0 aromatic heterocycles. The van der Waals surface area contributed by atoms with Crippen LogP contribution < -0.4 is 9.80 Å². The fourth-order valence-electron chi connectivity index (χ4n) is 6.69. The molecule has 0 radical (unpaired) electrons. The highest BCUT2D eigenvalue weighted by molar-refractivity contribution is 5.67. The standard InChI is InChI=1S/C12H25NO4.C11H23NO3.C10H21NO3.C10H21NO2.C9H19NO2/c1-4-5-13(6-8-14,10-12(15)16)7-9-17-11(2)3;1-10(2)15-8-6-12(4,5-7-13)9-11(3)14;1-9(2)14-7-5-11(4-6-12)8-10(3)13;1-9(2)13-7-6-11(4,5)8-10(3)12;1-8(2)12-6-5-10(4)7-9(3)11/h11,14H,4-10H2,1-3H3;10,13H,3,5-9H2,1-2,4H3;9,12-13H,3-8H2,1-2H3;9H,3,6-8H2,1-2,4-5H3;8,11H,3,5-7H2,1-2,4H3/p+5. The van der Waals surface area contributed by atoms with Gasteiger partial charge in [0.2, 0.25) is 0 Å². The smallest absolute Gasteiger partial charge is 0.359 e. The second-order valence-electron chi connectivity index (χ2n) is 20.5. The van der Waals surface area contributed by atoms with E-state index in [1.807, 2.05) is 104 Å². The summed E-state index contributed by atoms with van der Waals surface area (Å²) in [7, 11) is 8.07. The summed E-state index contributed by atoms with van der Waals surface area (Å²) in [5.41, 5.74) is 0. The Morgan fingerprint density at radius 3 is 1.25 bits per heavy atom. The van der Waals surface area contributed by atoms with Gasteiger partial charge in [0.15, 0.2) is 6.54 Å². The summed E-state index contributed by atoms with van der Waals surface area (Å²) in [4.78, 5) is 13.2. The van der Waals surface area contributed by atoms with Crippen molar-refractivity contribution in [1.29, 1.82) is 0 Å². The van der Waals surface area contributed by atoms with E-state index in [0.717, 1.165) is 57.3 Å². The fourth-order valence-corrected chi connectivity index (χ4v) is 6.69. The summed E-state index contributed by atoms with van der Waals surface area (Å²) in [6, 6.07) is 0. The highest BCUT2D eigenvalue weighted by Crippen LogP contribution is 2.09. The number of hydrogen-bond acceptors (Lipinski definition) is 13. The van der Waals surface area contributed by atoms with E-state index in [1.165, 1.54) is 4.90 Å². The maximum Gasteiger partial charge on any atom is 0.359 e. The van der Waals surface area contributed by atoms with Crippen molar-refractivity contribution in [2.45, 2.75) is 113 Å². The molecule has 0 aliphatic carbocycles. The van der Waals surface area contributed by atoms with Crippen molar-refractivity contribution in [3.63, 3.8) is 0 Å². The van der Waals surface area contributed by atoms with E-state index in [1.54, 1.807) is 0 Å². The van der Waals surface area contributed by atoms with Crippen LogP contribution in [0.3, 0.4) is 0 Å². The van der Waals surface area contributed by atoms with Gasteiger partial charge in [-0.2, -0.15) is 0 Å². The molecule has 0 heterocycles. The normalized spacial score (nSPS) is 13.8. The maximum atomic E-state index is 10.9. The van der Waals surface area contributed by atoms with Crippen molar-refractivity contribution in [3.05, 3.63) is 49.4 Å². The van der Waals surface area contributed by atoms with Crippen LogP contribution in [0.1, 0.15) is 82.6 Å². The summed E-state index contributed by atoms with van der Waals surface area (Å²) >= 11 is 0. The number of nitrogens with one attached hydrogen (secondary N) is 2. The van der Waals surface area contributed by atoms with Gasteiger partial charge in [-0.1, -0.05) is 33.2 Å². The first-order valence-corrected chi connectivity index (χ1v) is 25.5. The number of aliphatic carboxylic acids is 1. The predicted octanol–water partition coefficient (Wildman–Crippen LogP) is 2.55. The Balaban J connectivity index is -0.000000257. The van der Waals surface area contributed by atoms with Gasteiger partial charge in [-0.05, 0) is 75.7 Å². The monoisotopic (exact) mass is 1030 g/mol. The number of carboxylic acid groups (broad SMARTS) is 1. The van der Waals surface area contributed by atoms with Crippen LogP contribution in [0.4, 0.5) is 0 Å². The lowest BCUT2D eigenvalue weighted by Crippen LogP contribution is -3.13. The summed E-state index contributed by atoms with van der Waals surface area (Å²) in [5, 5.41) is 71.9.